The van der Waals surface area contributed by atoms with Crippen molar-refractivity contribution in [2.75, 3.05) is 6.61 Å². The monoisotopic (exact) mass is 373 g/mol. The fourth-order valence-electron chi connectivity index (χ4n) is 2.44. The molecule has 2 aromatic rings. The van der Waals surface area contributed by atoms with Crippen LogP contribution in [-0.4, -0.2) is 22.7 Å². The summed E-state index contributed by atoms with van der Waals surface area (Å²) in [4.78, 5) is 17.1. The standard InChI is InChI=1S/C21H31N3O3/c1-7-8-9-14-26-16-12-10-15(11-13-16)17(25)23-21(5,6)18-22-19(27-24-18)20(2,3)4/h10-13H,7-9,14H2,1-6H3,(H,23,25). The van der Waals surface area contributed by atoms with Gasteiger partial charge in [-0.25, -0.2) is 0 Å². The second-order valence-electron chi connectivity index (χ2n) is 8.33. The Morgan fingerprint density at radius 2 is 1.78 bits per heavy atom. The Balaban J connectivity index is 1.99. The van der Waals surface area contributed by atoms with Crippen LogP contribution in [0, 0.1) is 0 Å². The smallest absolute Gasteiger partial charge is 0.252 e. The first kappa shape index (κ1) is 20.9. The van der Waals surface area contributed by atoms with Gasteiger partial charge in [-0.05, 0) is 44.5 Å². The summed E-state index contributed by atoms with van der Waals surface area (Å²) in [6.45, 7) is 12.6. The molecule has 0 spiro atoms. The van der Waals surface area contributed by atoms with Crippen LogP contribution in [0.1, 0.15) is 82.9 Å². The van der Waals surface area contributed by atoms with Gasteiger partial charge >= 0.3 is 0 Å². The normalized spacial score (nSPS) is 12.1. The van der Waals surface area contributed by atoms with Crippen molar-refractivity contribution >= 4 is 5.91 Å². The van der Waals surface area contributed by atoms with Crippen molar-refractivity contribution in [3.63, 3.8) is 0 Å². The van der Waals surface area contributed by atoms with Crippen LogP contribution in [0.2, 0.25) is 0 Å². The summed E-state index contributed by atoms with van der Waals surface area (Å²) >= 11 is 0. The van der Waals surface area contributed by atoms with Crippen LogP contribution in [0.15, 0.2) is 28.8 Å². The number of aromatic nitrogens is 2. The lowest BCUT2D eigenvalue weighted by Gasteiger charge is -2.22. The van der Waals surface area contributed by atoms with E-state index < -0.39 is 5.54 Å². The van der Waals surface area contributed by atoms with Crippen LogP contribution < -0.4 is 10.1 Å². The molecule has 1 aromatic carbocycles. The Kier molecular flexibility index (Phi) is 6.63. The maximum atomic E-state index is 12.6. The third-order valence-electron chi connectivity index (χ3n) is 4.19. The van der Waals surface area contributed by atoms with Gasteiger partial charge in [-0.15, -0.1) is 0 Å². The highest BCUT2D eigenvalue weighted by Crippen LogP contribution is 2.24. The molecule has 0 aliphatic carbocycles. The predicted molar refractivity (Wildman–Crippen MR) is 105 cm³/mol. The number of amides is 1. The Morgan fingerprint density at radius 3 is 2.33 bits per heavy atom. The Bertz CT molecular complexity index is 743. The summed E-state index contributed by atoms with van der Waals surface area (Å²) in [5.74, 6) is 1.58. The van der Waals surface area contributed by atoms with Crippen molar-refractivity contribution in [1.82, 2.24) is 15.5 Å². The fourth-order valence-corrected chi connectivity index (χ4v) is 2.44. The van der Waals surface area contributed by atoms with Gasteiger partial charge in [0.05, 0.1) is 12.1 Å². The predicted octanol–water partition coefficient (Wildman–Crippen LogP) is 4.60. The van der Waals surface area contributed by atoms with Crippen LogP contribution >= 0.6 is 0 Å². The highest BCUT2D eigenvalue weighted by Gasteiger charge is 2.31. The number of nitrogens with zero attached hydrogens (tertiary/aromatic N) is 2. The molecule has 1 N–H and O–H groups in total. The maximum absolute atomic E-state index is 12.6. The molecule has 0 atom stereocenters. The Morgan fingerprint density at radius 1 is 1.11 bits per heavy atom. The van der Waals surface area contributed by atoms with E-state index in [1.54, 1.807) is 12.1 Å². The maximum Gasteiger partial charge on any atom is 0.252 e. The second kappa shape index (κ2) is 8.55. The van der Waals surface area contributed by atoms with Gasteiger partial charge in [0, 0.05) is 11.0 Å². The number of carbonyl (C=O) groups excluding carboxylic acids is 1. The molecular weight excluding hydrogens is 342 g/mol. The number of hydrogen-bond donors (Lipinski definition) is 1. The van der Waals surface area contributed by atoms with E-state index >= 15 is 0 Å². The van der Waals surface area contributed by atoms with Crippen molar-refractivity contribution in [2.24, 2.45) is 0 Å². The molecule has 27 heavy (non-hydrogen) atoms. The van der Waals surface area contributed by atoms with Crippen LogP contribution in [0.4, 0.5) is 0 Å². The molecule has 0 aliphatic heterocycles. The third kappa shape index (κ3) is 5.81. The molecule has 1 aromatic heterocycles. The molecule has 0 saturated carbocycles. The lowest BCUT2D eigenvalue weighted by atomic mass is 9.97. The van der Waals surface area contributed by atoms with E-state index in [0.717, 1.165) is 25.0 Å². The van der Waals surface area contributed by atoms with Crippen molar-refractivity contribution in [1.29, 1.82) is 0 Å². The van der Waals surface area contributed by atoms with Gasteiger partial charge in [0.25, 0.3) is 5.91 Å². The average molecular weight is 373 g/mol. The van der Waals surface area contributed by atoms with Crippen molar-refractivity contribution in [3.8, 4) is 5.75 Å². The third-order valence-corrected chi connectivity index (χ3v) is 4.19. The molecule has 0 unspecified atom stereocenters. The van der Waals surface area contributed by atoms with Gasteiger partial charge in [-0.3, -0.25) is 4.79 Å². The second-order valence-corrected chi connectivity index (χ2v) is 8.33. The van der Waals surface area contributed by atoms with Gasteiger partial charge in [-0.2, -0.15) is 4.98 Å². The highest BCUT2D eigenvalue weighted by atomic mass is 16.5. The minimum atomic E-state index is -0.751. The largest absolute Gasteiger partial charge is 0.494 e. The number of rotatable bonds is 8. The minimum Gasteiger partial charge on any atom is -0.494 e. The summed E-state index contributed by atoms with van der Waals surface area (Å²) in [6, 6.07) is 7.16. The van der Waals surface area contributed by atoms with E-state index in [9.17, 15) is 4.79 Å². The summed E-state index contributed by atoms with van der Waals surface area (Å²) in [5, 5.41) is 7.01. The Labute approximate surface area is 161 Å². The van der Waals surface area contributed by atoms with E-state index in [0.29, 0.717) is 23.9 Å². The number of carbonyl (C=O) groups is 1. The van der Waals surface area contributed by atoms with Crippen LogP contribution in [0.3, 0.4) is 0 Å². The lowest BCUT2D eigenvalue weighted by molar-refractivity contribution is 0.0907. The number of unbranched alkanes of at least 4 members (excludes halogenated alkanes) is 2. The van der Waals surface area contributed by atoms with Crippen molar-refractivity contribution in [2.45, 2.75) is 71.8 Å². The number of hydrogen-bond acceptors (Lipinski definition) is 5. The summed E-state index contributed by atoms with van der Waals surface area (Å²) in [7, 11) is 0. The first-order chi connectivity index (χ1) is 12.6. The van der Waals surface area contributed by atoms with Gasteiger partial charge < -0.3 is 14.6 Å². The van der Waals surface area contributed by atoms with Crippen LogP contribution in [-0.2, 0) is 11.0 Å². The molecule has 0 saturated heterocycles. The molecule has 1 heterocycles. The number of nitrogens with one attached hydrogen (secondary N) is 1. The molecule has 2 rings (SSSR count). The van der Waals surface area contributed by atoms with E-state index in [-0.39, 0.29) is 11.3 Å². The SMILES string of the molecule is CCCCCOc1ccc(C(=O)NC(C)(C)c2noc(C(C)(C)C)n2)cc1. The molecule has 0 radical (unpaired) electrons. The quantitative estimate of drug-likeness (QED) is 0.684. The van der Waals surface area contributed by atoms with E-state index in [1.165, 1.54) is 0 Å². The topological polar surface area (TPSA) is 77.2 Å². The molecule has 148 valence electrons. The molecule has 0 bridgehead atoms. The highest BCUT2D eigenvalue weighted by molar-refractivity contribution is 5.94. The fraction of sp³-hybridized carbons (Fsp3) is 0.571. The van der Waals surface area contributed by atoms with Gasteiger partial charge in [-0.1, -0.05) is 45.7 Å². The van der Waals surface area contributed by atoms with E-state index in [2.05, 4.69) is 22.4 Å². The minimum absolute atomic E-state index is 0.195. The summed E-state index contributed by atoms with van der Waals surface area (Å²) in [5.41, 5.74) is -0.430. The zero-order valence-electron chi connectivity index (χ0n) is 17.3. The summed E-state index contributed by atoms with van der Waals surface area (Å²) in [6.07, 6.45) is 3.35. The number of ether oxygens (including phenoxy) is 1. The number of benzene rings is 1. The van der Waals surface area contributed by atoms with Gasteiger partial charge in [0.15, 0.2) is 5.82 Å². The first-order valence-electron chi connectivity index (χ1n) is 9.53. The molecule has 0 fully saturated rings. The Hall–Kier alpha value is -2.37. The van der Waals surface area contributed by atoms with E-state index in [1.807, 2.05) is 46.8 Å². The van der Waals surface area contributed by atoms with Crippen LogP contribution in [0.5, 0.6) is 5.75 Å². The molecular formula is C21H31N3O3. The average Bonchev–Trinajstić information content (AvgIpc) is 3.10. The first-order valence-corrected chi connectivity index (χ1v) is 9.53. The van der Waals surface area contributed by atoms with Crippen molar-refractivity contribution in [3.05, 3.63) is 41.5 Å². The van der Waals surface area contributed by atoms with Gasteiger partial charge in [0.1, 0.15) is 5.75 Å². The van der Waals surface area contributed by atoms with Gasteiger partial charge in [0.2, 0.25) is 5.89 Å². The summed E-state index contributed by atoms with van der Waals surface area (Å²) < 4.78 is 11.0. The zero-order valence-corrected chi connectivity index (χ0v) is 17.3. The molecule has 6 nitrogen and oxygen atoms in total. The lowest BCUT2D eigenvalue weighted by Crippen LogP contribution is -2.42. The zero-order chi connectivity index (χ0) is 20.1. The molecule has 6 heteroatoms. The van der Waals surface area contributed by atoms with Crippen LogP contribution in [0.25, 0.3) is 0 Å². The van der Waals surface area contributed by atoms with E-state index in [4.69, 9.17) is 9.26 Å². The van der Waals surface area contributed by atoms with Crippen molar-refractivity contribution < 1.29 is 14.1 Å². The molecule has 0 aliphatic rings. The molecule has 1 amide bonds.